The first-order chi connectivity index (χ1) is 11.3. The zero-order valence-electron chi connectivity index (χ0n) is 13.0. The summed E-state index contributed by atoms with van der Waals surface area (Å²) in [6.07, 6.45) is -1.25. The Morgan fingerprint density at radius 2 is 1.88 bits per heavy atom. The van der Waals surface area contributed by atoms with Gasteiger partial charge in [0.05, 0.1) is 5.69 Å². The Morgan fingerprint density at radius 3 is 2.54 bits per heavy atom. The first kappa shape index (κ1) is 17.4. The summed E-state index contributed by atoms with van der Waals surface area (Å²) < 4.78 is 31.3. The highest BCUT2D eigenvalue weighted by Crippen LogP contribution is 2.20. The standard InChI is InChI=1S/C17H15F2NO4/c1-9-3-6-15(21)12(7-9)17(23)24-10(2)16(22)20-14-5-4-11(18)8-13(14)19/h3-8,10,21H,1-2H3,(H,20,22)/t10-/m1/s1. The van der Waals surface area contributed by atoms with Crippen LogP contribution >= 0.6 is 0 Å². The number of rotatable bonds is 4. The van der Waals surface area contributed by atoms with E-state index in [0.717, 1.165) is 17.7 Å². The molecule has 0 radical (unpaired) electrons. The molecule has 5 nitrogen and oxygen atoms in total. The van der Waals surface area contributed by atoms with Gasteiger partial charge in [-0.05, 0) is 38.1 Å². The second-order valence-corrected chi connectivity index (χ2v) is 5.18. The second-order valence-electron chi connectivity index (χ2n) is 5.18. The number of halogens is 2. The van der Waals surface area contributed by atoms with Crippen LogP contribution in [0, 0.1) is 18.6 Å². The summed E-state index contributed by atoms with van der Waals surface area (Å²) in [6.45, 7) is 3.02. The number of hydrogen-bond donors (Lipinski definition) is 2. The predicted octanol–water partition coefficient (Wildman–Crippen LogP) is 3.16. The number of carbonyl (C=O) groups excluding carboxylic acids is 2. The maximum Gasteiger partial charge on any atom is 0.342 e. The van der Waals surface area contributed by atoms with Gasteiger partial charge in [-0.3, -0.25) is 4.79 Å². The number of phenols is 1. The summed E-state index contributed by atoms with van der Waals surface area (Å²) in [5.74, 6) is -3.68. The molecule has 0 aliphatic rings. The number of hydrogen-bond acceptors (Lipinski definition) is 4. The summed E-state index contributed by atoms with van der Waals surface area (Å²) in [4.78, 5) is 24.0. The predicted molar refractivity (Wildman–Crippen MR) is 82.7 cm³/mol. The molecule has 0 bridgehead atoms. The van der Waals surface area contributed by atoms with Crippen molar-refractivity contribution in [2.75, 3.05) is 5.32 Å². The molecule has 1 amide bonds. The van der Waals surface area contributed by atoms with Crippen LogP contribution in [0.25, 0.3) is 0 Å². The SMILES string of the molecule is Cc1ccc(O)c(C(=O)O[C@H](C)C(=O)Nc2ccc(F)cc2F)c1. The van der Waals surface area contributed by atoms with E-state index in [1.165, 1.54) is 19.1 Å². The average Bonchev–Trinajstić information content (AvgIpc) is 2.52. The highest BCUT2D eigenvalue weighted by atomic mass is 19.1. The molecule has 2 aromatic carbocycles. The molecule has 0 aliphatic carbocycles. The normalized spacial score (nSPS) is 11.7. The minimum absolute atomic E-state index is 0.0809. The summed E-state index contributed by atoms with van der Waals surface area (Å²) in [7, 11) is 0. The number of phenolic OH excluding ortho intramolecular Hbond substituents is 1. The number of benzene rings is 2. The van der Waals surface area contributed by atoms with Crippen molar-refractivity contribution >= 4 is 17.6 Å². The van der Waals surface area contributed by atoms with Gasteiger partial charge in [-0.2, -0.15) is 0 Å². The number of ether oxygens (including phenoxy) is 1. The van der Waals surface area contributed by atoms with Crippen LogP contribution in [0.1, 0.15) is 22.8 Å². The molecule has 2 rings (SSSR count). The summed E-state index contributed by atoms with van der Waals surface area (Å²) >= 11 is 0. The molecule has 7 heteroatoms. The van der Waals surface area contributed by atoms with E-state index in [0.29, 0.717) is 6.07 Å². The monoisotopic (exact) mass is 335 g/mol. The van der Waals surface area contributed by atoms with Crippen molar-refractivity contribution in [3.63, 3.8) is 0 Å². The van der Waals surface area contributed by atoms with Crippen LogP contribution in [0.2, 0.25) is 0 Å². The molecule has 126 valence electrons. The van der Waals surface area contributed by atoms with Crippen molar-refractivity contribution in [2.45, 2.75) is 20.0 Å². The lowest BCUT2D eigenvalue weighted by molar-refractivity contribution is -0.123. The van der Waals surface area contributed by atoms with E-state index >= 15 is 0 Å². The van der Waals surface area contributed by atoms with E-state index in [9.17, 15) is 23.5 Å². The van der Waals surface area contributed by atoms with Gasteiger partial charge in [0.2, 0.25) is 0 Å². The van der Waals surface area contributed by atoms with E-state index in [1.54, 1.807) is 13.0 Å². The zero-order chi connectivity index (χ0) is 17.9. The Labute approximate surface area is 136 Å². The van der Waals surface area contributed by atoms with Crippen LogP contribution < -0.4 is 5.32 Å². The number of carbonyl (C=O) groups is 2. The van der Waals surface area contributed by atoms with Crippen molar-refractivity contribution in [2.24, 2.45) is 0 Å². The molecular formula is C17H15F2NO4. The van der Waals surface area contributed by atoms with Gasteiger partial charge in [-0.15, -0.1) is 0 Å². The number of amides is 1. The number of esters is 1. The number of aryl methyl sites for hydroxylation is 1. The average molecular weight is 335 g/mol. The fourth-order valence-electron chi connectivity index (χ4n) is 1.92. The Bertz CT molecular complexity index is 792. The highest BCUT2D eigenvalue weighted by molar-refractivity contribution is 5.98. The third-order valence-corrected chi connectivity index (χ3v) is 3.21. The maximum atomic E-state index is 13.5. The van der Waals surface area contributed by atoms with Crippen LogP contribution in [-0.2, 0) is 9.53 Å². The Hall–Kier alpha value is -2.96. The molecule has 0 saturated carbocycles. The topological polar surface area (TPSA) is 75.6 Å². The van der Waals surface area contributed by atoms with Crippen LogP contribution in [0.15, 0.2) is 36.4 Å². The van der Waals surface area contributed by atoms with Crippen molar-refractivity contribution in [3.8, 4) is 5.75 Å². The third-order valence-electron chi connectivity index (χ3n) is 3.21. The van der Waals surface area contributed by atoms with Crippen molar-refractivity contribution in [1.82, 2.24) is 0 Å². The quantitative estimate of drug-likeness (QED) is 0.842. The van der Waals surface area contributed by atoms with Crippen LogP contribution in [-0.4, -0.2) is 23.1 Å². The molecule has 2 N–H and O–H groups in total. The van der Waals surface area contributed by atoms with E-state index in [1.807, 2.05) is 0 Å². The number of anilines is 1. The molecule has 0 saturated heterocycles. The lowest BCUT2D eigenvalue weighted by Gasteiger charge is -2.14. The molecular weight excluding hydrogens is 320 g/mol. The molecule has 0 heterocycles. The molecule has 0 fully saturated rings. The van der Waals surface area contributed by atoms with E-state index in [4.69, 9.17) is 4.74 Å². The van der Waals surface area contributed by atoms with Gasteiger partial charge in [0.15, 0.2) is 6.10 Å². The van der Waals surface area contributed by atoms with E-state index < -0.39 is 29.6 Å². The zero-order valence-corrected chi connectivity index (χ0v) is 13.0. The van der Waals surface area contributed by atoms with Gasteiger partial charge in [-0.1, -0.05) is 11.6 Å². The summed E-state index contributed by atoms with van der Waals surface area (Å²) in [6, 6.07) is 7.03. The molecule has 0 spiro atoms. The van der Waals surface area contributed by atoms with Gasteiger partial charge < -0.3 is 15.2 Å². The first-order valence-electron chi connectivity index (χ1n) is 7.04. The van der Waals surface area contributed by atoms with Gasteiger partial charge in [0.25, 0.3) is 5.91 Å². The minimum atomic E-state index is -1.25. The largest absolute Gasteiger partial charge is 0.507 e. The van der Waals surface area contributed by atoms with Crippen LogP contribution in [0.4, 0.5) is 14.5 Å². The Kier molecular flexibility index (Phi) is 5.13. The lowest BCUT2D eigenvalue weighted by Crippen LogP contribution is -2.30. The fraction of sp³-hybridized carbons (Fsp3) is 0.176. The number of aromatic hydroxyl groups is 1. The van der Waals surface area contributed by atoms with Crippen molar-refractivity contribution < 1.29 is 28.2 Å². The smallest absolute Gasteiger partial charge is 0.342 e. The lowest BCUT2D eigenvalue weighted by atomic mass is 10.1. The van der Waals surface area contributed by atoms with Gasteiger partial charge in [0, 0.05) is 6.07 Å². The second kappa shape index (κ2) is 7.08. The molecule has 1 atom stereocenters. The molecule has 2 aromatic rings. The first-order valence-corrected chi connectivity index (χ1v) is 7.04. The minimum Gasteiger partial charge on any atom is -0.507 e. The van der Waals surface area contributed by atoms with Crippen molar-refractivity contribution in [3.05, 3.63) is 59.2 Å². The highest BCUT2D eigenvalue weighted by Gasteiger charge is 2.22. The Balaban J connectivity index is 2.05. The van der Waals surface area contributed by atoms with Gasteiger partial charge in [0.1, 0.15) is 22.9 Å². The maximum absolute atomic E-state index is 13.5. The van der Waals surface area contributed by atoms with Gasteiger partial charge >= 0.3 is 5.97 Å². The van der Waals surface area contributed by atoms with E-state index in [2.05, 4.69) is 5.32 Å². The summed E-state index contributed by atoms with van der Waals surface area (Å²) in [5.41, 5.74) is 0.413. The summed E-state index contributed by atoms with van der Waals surface area (Å²) in [5, 5.41) is 11.9. The number of nitrogens with one attached hydrogen (secondary N) is 1. The van der Waals surface area contributed by atoms with Crippen LogP contribution in [0.5, 0.6) is 5.75 Å². The third kappa shape index (κ3) is 4.07. The van der Waals surface area contributed by atoms with E-state index in [-0.39, 0.29) is 17.0 Å². The van der Waals surface area contributed by atoms with Gasteiger partial charge in [-0.25, -0.2) is 13.6 Å². The molecule has 0 unspecified atom stereocenters. The van der Waals surface area contributed by atoms with Crippen LogP contribution in [0.3, 0.4) is 0 Å². The fourth-order valence-corrected chi connectivity index (χ4v) is 1.92. The Morgan fingerprint density at radius 1 is 1.17 bits per heavy atom. The van der Waals surface area contributed by atoms with Crippen molar-refractivity contribution in [1.29, 1.82) is 0 Å². The molecule has 0 aromatic heterocycles. The molecule has 0 aliphatic heterocycles. The molecule has 24 heavy (non-hydrogen) atoms.